The summed E-state index contributed by atoms with van der Waals surface area (Å²) in [5.74, 6) is 0.534. The van der Waals surface area contributed by atoms with E-state index in [-0.39, 0.29) is 0 Å². The minimum Gasteiger partial charge on any atom is -0.316 e. The third-order valence-electron chi connectivity index (χ3n) is 4.49. The first-order valence-corrected chi connectivity index (χ1v) is 9.01. The van der Waals surface area contributed by atoms with Crippen LogP contribution in [0.25, 0.3) is 0 Å². The lowest BCUT2D eigenvalue weighted by Gasteiger charge is -2.30. The molecular weight excluding hydrogens is 284 g/mol. The van der Waals surface area contributed by atoms with Gasteiger partial charge < -0.3 is 5.32 Å². The van der Waals surface area contributed by atoms with E-state index < -0.39 is 10.0 Å². The molecule has 0 aliphatic heterocycles. The van der Waals surface area contributed by atoms with Gasteiger partial charge in [0.25, 0.3) is 0 Å². The lowest BCUT2D eigenvalue weighted by Crippen LogP contribution is -2.34. The van der Waals surface area contributed by atoms with Crippen LogP contribution in [0.2, 0.25) is 0 Å². The summed E-state index contributed by atoms with van der Waals surface area (Å²) in [6.07, 6.45) is 3.53. The van der Waals surface area contributed by atoms with E-state index in [4.69, 9.17) is 0 Å². The highest BCUT2D eigenvalue weighted by atomic mass is 32.2. The molecule has 1 N–H and O–H groups in total. The second kappa shape index (κ2) is 6.46. The Balaban J connectivity index is 2.33. The Hall–Kier alpha value is -0.910. The summed E-state index contributed by atoms with van der Waals surface area (Å²) in [7, 11) is 0.170. The zero-order chi connectivity index (χ0) is 15.6. The van der Waals surface area contributed by atoms with Gasteiger partial charge in [-0.3, -0.25) is 0 Å². The largest absolute Gasteiger partial charge is 0.316 e. The molecule has 0 saturated heterocycles. The van der Waals surface area contributed by atoms with E-state index in [1.165, 1.54) is 10.7 Å². The Labute approximate surface area is 128 Å². The maximum atomic E-state index is 12.8. The quantitative estimate of drug-likeness (QED) is 0.878. The van der Waals surface area contributed by atoms with E-state index in [0.717, 1.165) is 29.5 Å². The second-order valence-corrected chi connectivity index (χ2v) is 8.16. The molecule has 0 amide bonds. The van der Waals surface area contributed by atoms with Crippen molar-refractivity contribution in [2.75, 3.05) is 20.6 Å². The van der Waals surface area contributed by atoms with Crippen molar-refractivity contribution in [1.82, 2.24) is 9.62 Å². The van der Waals surface area contributed by atoms with Gasteiger partial charge in [0.2, 0.25) is 10.0 Å². The van der Waals surface area contributed by atoms with Crippen LogP contribution in [-0.2, 0) is 16.6 Å². The van der Waals surface area contributed by atoms with Crippen molar-refractivity contribution in [3.05, 3.63) is 28.8 Å². The van der Waals surface area contributed by atoms with Gasteiger partial charge >= 0.3 is 0 Å². The molecule has 1 aromatic rings. The average Bonchev–Trinajstić information content (AvgIpc) is 2.37. The molecule has 1 aliphatic carbocycles. The minimum atomic E-state index is -3.40. The number of nitrogens with one attached hydrogen (secondary N) is 1. The molecule has 2 rings (SSSR count). The fourth-order valence-corrected chi connectivity index (χ4v) is 4.37. The van der Waals surface area contributed by atoms with Gasteiger partial charge in [0.1, 0.15) is 0 Å². The fraction of sp³-hybridized carbons (Fsp3) is 0.625. The fourth-order valence-electron chi connectivity index (χ4n) is 2.78. The van der Waals surface area contributed by atoms with E-state index in [9.17, 15) is 8.42 Å². The van der Waals surface area contributed by atoms with Crippen LogP contribution in [0, 0.1) is 19.8 Å². The van der Waals surface area contributed by atoms with Crippen LogP contribution in [0.1, 0.15) is 36.0 Å². The summed E-state index contributed by atoms with van der Waals surface area (Å²) in [4.78, 5) is 0.453. The van der Waals surface area contributed by atoms with Crippen LogP contribution < -0.4 is 5.32 Å². The summed E-state index contributed by atoms with van der Waals surface area (Å²) < 4.78 is 27.2. The van der Waals surface area contributed by atoms with Crippen LogP contribution in [0.4, 0.5) is 0 Å². The third kappa shape index (κ3) is 3.47. The highest BCUT2D eigenvalue weighted by Gasteiger charge is 2.28. The molecule has 5 heteroatoms. The summed E-state index contributed by atoms with van der Waals surface area (Å²) in [5, 5.41) is 3.08. The topological polar surface area (TPSA) is 49.4 Å². The van der Waals surface area contributed by atoms with E-state index in [1.807, 2.05) is 27.0 Å². The Morgan fingerprint density at radius 2 is 1.95 bits per heavy atom. The molecule has 0 heterocycles. The molecule has 0 atom stereocenters. The zero-order valence-electron chi connectivity index (χ0n) is 13.4. The molecule has 0 aromatic heterocycles. The van der Waals surface area contributed by atoms with E-state index in [0.29, 0.717) is 23.9 Å². The number of hydrogen-bond acceptors (Lipinski definition) is 3. The molecular formula is C16H26N2O2S. The van der Waals surface area contributed by atoms with E-state index in [2.05, 4.69) is 11.4 Å². The van der Waals surface area contributed by atoms with Gasteiger partial charge in [-0.2, -0.15) is 0 Å². The maximum absolute atomic E-state index is 12.8. The molecule has 4 nitrogen and oxygen atoms in total. The van der Waals surface area contributed by atoms with Crippen molar-refractivity contribution in [3.63, 3.8) is 0 Å². The van der Waals surface area contributed by atoms with Crippen molar-refractivity contribution in [3.8, 4) is 0 Å². The maximum Gasteiger partial charge on any atom is 0.243 e. The van der Waals surface area contributed by atoms with Gasteiger partial charge in [-0.25, -0.2) is 12.7 Å². The van der Waals surface area contributed by atoms with Crippen LogP contribution in [0.15, 0.2) is 17.0 Å². The van der Waals surface area contributed by atoms with Crippen molar-refractivity contribution in [2.45, 2.75) is 44.6 Å². The van der Waals surface area contributed by atoms with Crippen molar-refractivity contribution >= 4 is 10.0 Å². The first-order valence-electron chi connectivity index (χ1n) is 7.57. The smallest absolute Gasteiger partial charge is 0.243 e. The van der Waals surface area contributed by atoms with Crippen molar-refractivity contribution in [2.24, 2.45) is 5.92 Å². The molecule has 1 aliphatic rings. The second-order valence-electron chi connectivity index (χ2n) is 6.15. The normalized spacial score (nSPS) is 16.2. The molecule has 1 aromatic carbocycles. The molecule has 118 valence electrons. The summed E-state index contributed by atoms with van der Waals surface area (Å²) in [5.41, 5.74) is 2.89. The number of aryl methyl sites for hydroxylation is 1. The SMILES string of the molecule is CNCc1cc(C)c(C)c(S(=O)(=O)N(C)CC2CCC2)c1. The minimum absolute atomic E-state index is 0.453. The number of benzene rings is 1. The first kappa shape index (κ1) is 16.5. The molecule has 1 fully saturated rings. The van der Waals surface area contributed by atoms with Crippen molar-refractivity contribution in [1.29, 1.82) is 0 Å². The van der Waals surface area contributed by atoms with Gasteiger partial charge in [-0.1, -0.05) is 12.5 Å². The van der Waals surface area contributed by atoms with Gasteiger partial charge in [-0.15, -0.1) is 0 Å². The van der Waals surface area contributed by atoms with Crippen LogP contribution >= 0.6 is 0 Å². The van der Waals surface area contributed by atoms with Gasteiger partial charge in [-0.05, 0) is 62.4 Å². The summed E-state index contributed by atoms with van der Waals surface area (Å²) in [6.45, 7) is 5.18. The Bertz CT molecular complexity index is 607. The molecule has 0 bridgehead atoms. The van der Waals surface area contributed by atoms with Gasteiger partial charge in [0.15, 0.2) is 0 Å². The highest BCUT2D eigenvalue weighted by Crippen LogP contribution is 2.30. The Morgan fingerprint density at radius 3 is 2.48 bits per heavy atom. The van der Waals surface area contributed by atoms with Crippen LogP contribution in [0.5, 0.6) is 0 Å². The number of nitrogens with zero attached hydrogens (tertiary/aromatic N) is 1. The standard InChI is InChI=1S/C16H26N2O2S/c1-12-8-15(10-17-3)9-16(13(12)2)21(19,20)18(4)11-14-6-5-7-14/h8-9,14,17H,5-7,10-11H2,1-4H3. The van der Waals surface area contributed by atoms with E-state index >= 15 is 0 Å². The van der Waals surface area contributed by atoms with Crippen molar-refractivity contribution < 1.29 is 8.42 Å². The van der Waals surface area contributed by atoms with Gasteiger partial charge in [0, 0.05) is 20.1 Å². The summed E-state index contributed by atoms with van der Waals surface area (Å²) in [6, 6.07) is 3.86. The molecule has 0 spiro atoms. The predicted octanol–water partition coefficient (Wildman–Crippen LogP) is 2.44. The zero-order valence-corrected chi connectivity index (χ0v) is 14.3. The monoisotopic (exact) mass is 310 g/mol. The van der Waals surface area contributed by atoms with Crippen LogP contribution in [0.3, 0.4) is 0 Å². The Morgan fingerprint density at radius 1 is 1.29 bits per heavy atom. The molecule has 1 saturated carbocycles. The highest BCUT2D eigenvalue weighted by molar-refractivity contribution is 7.89. The van der Waals surface area contributed by atoms with Crippen LogP contribution in [-0.4, -0.2) is 33.4 Å². The summed E-state index contributed by atoms with van der Waals surface area (Å²) >= 11 is 0. The molecule has 0 unspecified atom stereocenters. The average molecular weight is 310 g/mol. The predicted molar refractivity (Wildman–Crippen MR) is 85.8 cm³/mol. The molecule has 0 radical (unpaired) electrons. The Kier molecular flexibility index (Phi) is 5.07. The van der Waals surface area contributed by atoms with Gasteiger partial charge in [0.05, 0.1) is 4.90 Å². The number of sulfonamides is 1. The van der Waals surface area contributed by atoms with E-state index in [1.54, 1.807) is 7.05 Å². The lowest BCUT2D eigenvalue weighted by atomic mass is 9.86. The number of rotatable bonds is 6. The third-order valence-corrected chi connectivity index (χ3v) is 6.44. The number of hydrogen-bond donors (Lipinski definition) is 1. The lowest BCUT2D eigenvalue weighted by molar-refractivity contribution is 0.263. The molecule has 21 heavy (non-hydrogen) atoms. The first-order chi connectivity index (χ1) is 9.86.